The van der Waals surface area contributed by atoms with E-state index in [2.05, 4.69) is 26.3 Å². The molecule has 1 N–H and O–H groups in total. The second kappa shape index (κ2) is 11.4. The van der Waals surface area contributed by atoms with Crippen LogP contribution in [0.4, 0.5) is 10.2 Å². The Bertz CT molecular complexity index is 1950. The molecule has 0 amide bonds. The third-order valence-corrected chi connectivity index (χ3v) is 8.74. The zero-order valence-electron chi connectivity index (χ0n) is 24.9. The van der Waals surface area contributed by atoms with Crippen LogP contribution in [0.5, 0.6) is 11.5 Å². The first kappa shape index (κ1) is 29.7. The SMILES string of the molecule is COc1ccc(CNc2nc3cc(OC(C)C4=C[C@@H](n5ccc6c(Cl)ncnc65)[C@@H]5OC(C)(C)O[C@H]45)cc(F)c3cc2Cl)cc1. The van der Waals surface area contributed by atoms with Crippen molar-refractivity contribution in [2.75, 3.05) is 12.4 Å². The van der Waals surface area contributed by atoms with Gasteiger partial charge in [0.25, 0.3) is 0 Å². The van der Waals surface area contributed by atoms with Crippen LogP contribution in [0.2, 0.25) is 10.2 Å². The van der Waals surface area contributed by atoms with Gasteiger partial charge in [0, 0.05) is 30.3 Å². The number of hydrogen-bond donors (Lipinski definition) is 1. The molecule has 1 saturated heterocycles. The molecule has 232 valence electrons. The lowest BCUT2D eigenvalue weighted by atomic mass is 10.1. The zero-order valence-corrected chi connectivity index (χ0v) is 26.4. The van der Waals surface area contributed by atoms with Crippen molar-refractivity contribution < 1.29 is 23.3 Å². The zero-order chi connectivity index (χ0) is 31.5. The Balaban J connectivity index is 1.16. The van der Waals surface area contributed by atoms with Crippen molar-refractivity contribution in [3.05, 3.63) is 94.3 Å². The van der Waals surface area contributed by atoms with Crippen LogP contribution < -0.4 is 14.8 Å². The number of fused-ring (bicyclic) bond motifs is 3. The van der Waals surface area contributed by atoms with Crippen LogP contribution in [0.15, 0.2) is 72.7 Å². The average Bonchev–Trinajstić information content (AvgIpc) is 3.68. The van der Waals surface area contributed by atoms with Crippen molar-refractivity contribution >= 4 is 51.0 Å². The number of anilines is 1. The maximum absolute atomic E-state index is 15.4. The number of rotatable bonds is 8. The molecule has 5 aromatic rings. The number of hydrogen-bond acceptors (Lipinski definition) is 8. The quantitative estimate of drug-likeness (QED) is 0.136. The van der Waals surface area contributed by atoms with Crippen LogP contribution in [-0.4, -0.2) is 50.7 Å². The number of pyridine rings is 1. The molecular weight excluding hydrogens is 620 g/mol. The first-order valence-corrected chi connectivity index (χ1v) is 15.2. The number of methoxy groups -OCH3 is 1. The summed E-state index contributed by atoms with van der Waals surface area (Å²) < 4.78 is 41.7. The largest absolute Gasteiger partial charge is 0.497 e. The average molecular weight is 651 g/mol. The highest BCUT2D eigenvalue weighted by Crippen LogP contribution is 2.46. The molecule has 1 fully saturated rings. The lowest BCUT2D eigenvalue weighted by Crippen LogP contribution is -2.30. The van der Waals surface area contributed by atoms with Crippen LogP contribution >= 0.6 is 23.2 Å². The Hall–Kier alpha value is -3.96. The minimum Gasteiger partial charge on any atom is -0.497 e. The molecule has 0 radical (unpaired) electrons. The van der Waals surface area contributed by atoms with E-state index in [0.29, 0.717) is 44.8 Å². The predicted octanol–water partition coefficient (Wildman–Crippen LogP) is 7.51. The van der Waals surface area contributed by atoms with Gasteiger partial charge in [-0.25, -0.2) is 19.3 Å². The molecule has 1 unspecified atom stereocenters. The highest BCUT2D eigenvalue weighted by Gasteiger charge is 2.52. The maximum Gasteiger partial charge on any atom is 0.164 e. The second-order valence-corrected chi connectivity index (χ2v) is 12.3. The van der Waals surface area contributed by atoms with E-state index in [1.807, 2.05) is 61.9 Å². The summed E-state index contributed by atoms with van der Waals surface area (Å²) in [6.45, 7) is 6.15. The Labute approximate surface area is 268 Å². The van der Waals surface area contributed by atoms with Crippen molar-refractivity contribution in [2.45, 2.75) is 57.5 Å². The topological polar surface area (TPSA) is 92.6 Å². The summed E-state index contributed by atoms with van der Waals surface area (Å²) in [4.78, 5) is 13.2. The fourth-order valence-electron chi connectivity index (χ4n) is 6.05. The standard InChI is InChI=1S/C33H30Cl2FN5O4/c1-17(22-14-27(29-28(22)44-33(2,3)45-29)41-10-9-21-30(35)38-16-39-32(21)41)43-20-11-25(36)23-13-24(34)31(40-26(23)12-20)37-15-18-5-7-19(42-4)8-6-18/h5-14,16-17,27-29H,15H2,1-4H3,(H,37,40)/t17?,27-,28-,29+/m1/s1. The van der Waals surface area contributed by atoms with Gasteiger partial charge in [-0.15, -0.1) is 0 Å². The molecule has 0 saturated carbocycles. The van der Waals surface area contributed by atoms with Crippen LogP contribution in [-0.2, 0) is 16.0 Å². The third-order valence-electron chi connectivity index (χ3n) is 8.15. The summed E-state index contributed by atoms with van der Waals surface area (Å²) in [5.41, 5.74) is 2.99. The van der Waals surface area contributed by atoms with Gasteiger partial charge in [0.15, 0.2) is 5.79 Å². The number of aromatic nitrogens is 4. The highest BCUT2D eigenvalue weighted by molar-refractivity contribution is 6.34. The van der Waals surface area contributed by atoms with Crippen LogP contribution in [0, 0.1) is 5.82 Å². The van der Waals surface area contributed by atoms with E-state index in [0.717, 1.165) is 22.3 Å². The van der Waals surface area contributed by atoms with E-state index >= 15 is 4.39 Å². The van der Waals surface area contributed by atoms with Crippen molar-refractivity contribution in [2.24, 2.45) is 0 Å². The summed E-state index contributed by atoms with van der Waals surface area (Å²) >= 11 is 12.8. The number of nitrogens with one attached hydrogen (secondary N) is 1. The van der Waals surface area contributed by atoms with Crippen molar-refractivity contribution in [1.82, 2.24) is 19.5 Å². The van der Waals surface area contributed by atoms with E-state index < -0.39 is 17.7 Å². The Morgan fingerprint density at radius 2 is 1.84 bits per heavy atom. The fourth-order valence-corrected chi connectivity index (χ4v) is 6.46. The molecule has 0 bridgehead atoms. The molecule has 9 nitrogen and oxygen atoms in total. The van der Waals surface area contributed by atoms with Gasteiger partial charge in [0.1, 0.15) is 58.6 Å². The van der Waals surface area contributed by atoms with E-state index in [4.69, 9.17) is 42.1 Å². The monoisotopic (exact) mass is 649 g/mol. The summed E-state index contributed by atoms with van der Waals surface area (Å²) in [6.07, 6.45) is 4.24. The van der Waals surface area contributed by atoms with Gasteiger partial charge >= 0.3 is 0 Å². The second-order valence-electron chi connectivity index (χ2n) is 11.6. The molecule has 0 spiro atoms. The van der Waals surface area contributed by atoms with Gasteiger partial charge in [0.2, 0.25) is 0 Å². The van der Waals surface area contributed by atoms with Gasteiger partial charge in [-0.05, 0) is 56.2 Å². The van der Waals surface area contributed by atoms with Crippen LogP contribution in [0.1, 0.15) is 32.4 Å². The molecule has 45 heavy (non-hydrogen) atoms. The van der Waals surface area contributed by atoms with Gasteiger partial charge in [-0.2, -0.15) is 0 Å². The van der Waals surface area contributed by atoms with E-state index in [9.17, 15) is 0 Å². The molecular formula is C33H30Cl2FN5O4. The lowest BCUT2D eigenvalue weighted by molar-refractivity contribution is -0.148. The fraction of sp³-hybridized carbons (Fsp3) is 0.303. The van der Waals surface area contributed by atoms with Gasteiger partial charge in [-0.3, -0.25) is 0 Å². The van der Waals surface area contributed by atoms with Crippen molar-refractivity contribution in [3.63, 3.8) is 0 Å². The summed E-state index contributed by atoms with van der Waals surface area (Å²) in [6, 6.07) is 13.9. The molecule has 4 heterocycles. The normalized spacial score (nSPS) is 21.1. The highest BCUT2D eigenvalue weighted by atomic mass is 35.5. The minimum atomic E-state index is -0.810. The summed E-state index contributed by atoms with van der Waals surface area (Å²) in [5, 5.41) is 4.98. The number of halogens is 3. The molecule has 12 heteroatoms. The molecule has 3 aromatic heterocycles. The number of benzene rings is 2. The van der Waals surface area contributed by atoms with E-state index in [1.54, 1.807) is 19.2 Å². The Kier molecular flexibility index (Phi) is 7.56. The van der Waals surface area contributed by atoms with E-state index in [-0.39, 0.29) is 18.2 Å². The molecule has 2 aliphatic rings. The lowest BCUT2D eigenvalue weighted by Gasteiger charge is -2.23. The minimum absolute atomic E-state index is 0.238. The smallest absolute Gasteiger partial charge is 0.164 e. The molecule has 1 aliphatic heterocycles. The van der Waals surface area contributed by atoms with Crippen LogP contribution in [0.3, 0.4) is 0 Å². The molecule has 1 aliphatic carbocycles. The van der Waals surface area contributed by atoms with Crippen molar-refractivity contribution in [1.29, 1.82) is 0 Å². The predicted molar refractivity (Wildman–Crippen MR) is 171 cm³/mol. The molecule has 2 aromatic carbocycles. The number of nitrogens with zero attached hydrogens (tertiary/aromatic N) is 4. The first-order chi connectivity index (χ1) is 21.6. The Morgan fingerprint density at radius 1 is 1.04 bits per heavy atom. The van der Waals surface area contributed by atoms with Crippen molar-refractivity contribution in [3.8, 4) is 11.5 Å². The summed E-state index contributed by atoms with van der Waals surface area (Å²) in [7, 11) is 1.62. The van der Waals surface area contributed by atoms with Crippen LogP contribution in [0.25, 0.3) is 21.9 Å². The third kappa shape index (κ3) is 5.56. The van der Waals surface area contributed by atoms with Gasteiger partial charge in [-0.1, -0.05) is 41.4 Å². The Morgan fingerprint density at radius 3 is 2.62 bits per heavy atom. The maximum atomic E-state index is 15.4. The summed E-state index contributed by atoms with van der Waals surface area (Å²) in [5.74, 6) is 0.240. The molecule has 7 rings (SSSR count). The molecule has 4 atom stereocenters. The number of ether oxygens (including phenoxy) is 4. The van der Waals surface area contributed by atoms with Gasteiger partial charge < -0.3 is 28.8 Å². The van der Waals surface area contributed by atoms with Gasteiger partial charge in [0.05, 0.1) is 29.1 Å². The van der Waals surface area contributed by atoms with E-state index in [1.165, 1.54) is 12.4 Å². The first-order valence-electron chi connectivity index (χ1n) is 14.5.